The number of allylic oxidation sites excluding steroid dienone is 2. The molecule has 0 aliphatic heterocycles. The van der Waals surface area contributed by atoms with Crippen molar-refractivity contribution in [3.8, 4) is 5.75 Å². The Morgan fingerprint density at radius 1 is 1.36 bits per heavy atom. The van der Waals surface area contributed by atoms with Crippen LogP contribution < -0.4 is 4.74 Å². The Morgan fingerprint density at radius 2 is 2.07 bits per heavy atom. The largest absolute Gasteiger partial charge is 0.463 e. The third-order valence-corrected chi connectivity index (χ3v) is 1.91. The molecule has 0 saturated carbocycles. The summed E-state index contributed by atoms with van der Waals surface area (Å²) in [5.41, 5.74) is 2.27. The van der Waals surface area contributed by atoms with Crippen molar-refractivity contribution in [2.75, 3.05) is 6.86 Å². The second kappa shape index (κ2) is 5.43. The normalized spacial score (nSPS) is 9.64. The lowest BCUT2D eigenvalue weighted by molar-refractivity contribution is 0.190. The Hall–Kier alpha value is -1.31. The summed E-state index contributed by atoms with van der Waals surface area (Å²) in [6.07, 6.45) is 2.89. The number of rotatable bonds is 4. The minimum absolute atomic E-state index is 0.632. The molecule has 1 aromatic carbocycles. The lowest BCUT2D eigenvalue weighted by Crippen LogP contribution is -1.94. The monoisotopic (exact) mass is 194 g/mol. The lowest BCUT2D eigenvalue weighted by atomic mass is 10.1. The van der Waals surface area contributed by atoms with Crippen LogP contribution in [0.1, 0.15) is 19.4 Å². The molecule has 0 bridgehead atoms. The van der Waals surface area contributed by atoms with E-state index in [-0.39, 0.29) is 0 Å². The third-order valence-electron chi connectivity index (χ3n) is 1.91. The molecule has 0 fully saturated rings. The quantitative estimate of drug-likeness (QED) is 0.666. The van der Waals surface area contributed by atoms with Crippen LogP contribution in [0.15, 0.2) is 35.9 Å². The predicted octanol–water partition coefficient (Wildman–Crippen LogP) is 3.50. The van der Waals surface area contributed by atoms with Gasteiger partial charge in [0.05, 0.1) is 0 Å². The van der Waals surface area contributed by atoms with E-state index in [4.69, 9.17) is 4.74 Å². The van der Waals surface area contributed by atoms with E-state index in [0.29, 0.717) is 5.75 Å². The number of halogens is 1. The summed E-state index contributed by atoms with van der Waals surface area (Å²) >= 11 is 0. The molecule has 0 saturated heterocycles. The topological polar surface area (TPSA) is 9.23 Å². The second-order valence-corrected chi connectivity index (χ2v) is 3.35. The van der Waals surface area contributed by atoms with Crippen LogP contribution in [0.2, 0.25) is 0 Å². The summed E-state index contributed by atoms with van der Waals surface area (Å²) in [4.78, 5) is 0. The zero-order valence-electron chi connectivity index (χ0n) is 8.59. The van der Waals surface area contributed by atoms with Gasteiger partial charge in [-0.05, 0) is 31.9 Å². The molecule has 76 valence electrons. The van der Waals surface area contributed by atoms with E-state index in [9.17, 15) is 4.39 Å². The van der Waals surface area contributed by atoms with Crippen molar-refractivity contribution < 1.29 is 9.13 Å². The third kappa shape index (κ3) is 3.21. The van der Waals surface area contributed by atoms with E-state index in [1.807, 2.05) is 32.0 Å². The Balaban J connectivity index is 2.79. The van der Waals surface area contributed by atoms with Crippen LogP contribution >= 0.6 is 0 Å². The first-order valence-electron chi connectivity index (χ1n) is 4.64. The van der Waals surface area contributed by atoms with Gasteiger partial charge in [-0.2, -0.15) is 0 Å². The van der Waals surface area contributed by atoms with Crippen LogP contribution in [0.4, 0.5) is 4.39 Å². The summed E-state index contributed by atoms with van der Waals surface area (Å²) in [5, 5.41) is 0. The van der Waals surface area contributed by atoms with Gasteiger partial charge in [-0.25, -0.2) is 4.39 Å². The predicted molar refractivity (Wildman–Crippen MR) is 56.2 cm³/mol. The number of hydrogen-bond acceptors (Lipinski definition) is 1. The van der Waals surface area contributed by atoms with E-state index in [1.165, 1.54) is 5.57 Å². The molecular formula is C12H15FO. The van der Waals surface area contributed by atoms with Crippen LogP contribution in [0.3, 0.4) is 0 Å². The van der Waals surface area contributed by atoms with Gasteiger partial charge in [-0.3, -0.25) is 0 Å². The molecule has 0 unspecified atom stereocenters. The number of hydrogen-bond donors (Lipinski definition) is 0. The van der Waals surface area contributed by atoms with Crippen molar-refractivity contribution in [2.45, 2.75) is 20.3 Å². The zero-order chi connectivity index (χ0) is 10.4. The minimum Gasteiger partial charge on any atom is -0.463 e. The van der Waals surface area contributed by atoms with Crippen molar-refractivity contribution in [3.63, 3.8) is 0 Å². The molecule has 1 aromatic rings. The summed E-state index contributed by atoms with van der Waals surface area (Å²) in [5.74, 6) is 0.632. The fraction of sp³-hybridized carbons (Fsp3) is 0.333. The standard InChI is InChI=1S/C12H15FO/c1-10(2)7-8-11-5-3-4-6-12(11)14-9-13/h3-7H,8-9H2,1-2H3. The Morgan fingerprint density at radius 3 is 2.71 bits per heavy atom. The molecule has 0 radical (unpaired) electrons. The number of benzene rings is 1. The molecule has 0 heterocycles. The average Bonchev–Trinajstić information content (AvgIpc) is 2.17. The molecule has 0 atom stereocenters. The highest BCUT2D eigenvalue weighted by Gasteiger charge is 2.00. The van der Waals surface area contributed by atoms with Crippen LogP contribution in [0.25, 0.3) is 0 Å². The first-order chi connectivity index (χ1) is 6.74. The van der Waals surface area contributed by atoms with E-state index in [2.05, 4.69) is 6.08 Å². The Kier molecular flexibility index (Phi) is 4.17. The van der Waals surface area contributed by atoms with Crippen molar-refractivity contribution >= 4 is 0 Å². The highest BCUT2D eigenvalue weighted by molar-refractivity contribution is 5.34. The fourth-order valence-electron chi connectivity index (χ4n) is 1.19. The number of ether oxygens (including phenoxy) is 1. The Labute approximate surface area is 84.2 Å². The fourth-order valence-corrected chi connectivity index (χ4v) is 1.19. The molecule has 0 aromatic heterocycles. The van der Waals surface area contributed by atoms with E-state index >= 15 is 0 Å². The van der Waals surface area contributed by atoms with Crippen molar-refractivity contribution in [3.05, 3.63) is 41.5 Å². The van der Waals surface area contributed by atoms with E-state index in [0.717, 1.165) is 12.0 Å². The number of alkyl halides is 1. The smallest absolute Gasteiger partial charge is 0.228 e. The summed E-state index contributed by atoms with van der Waals surface area (Å²) in [7, 11) is 0. The molecule has 14 heavy (non-hydrogen) atoms. The van der Waals surface area contributed by atoms with Crippen molar-refractivity contribution in [1.29, 1.82) is 0 Å². The maximum absolute atomic E-state index is 12.0. The van der Waals surface area contributed by atoms with E-state index in [1.54, 1.807) is 6.07 Å². The van der Waals surface area contributed by atoms with Crippen LogP contribution in [-0.2, 0) is 6.42 Å². The molecule has 0 aliphatic carbocycles. The molecule has 2 heteroatoms. The number of para-hydroxylation sites is 1. The summed E-state index contributed by atoms with van der Waals surface area (Å²) in [6, 6.07) is 7.51. The van der Waals surface area contributed by atoms with Crippen LogP contribution in [0, 0.1) is 0 Å². The lowest BCUT2D eigenvalue weighted by Gasteiger charge is -2.06. The van der Waals surface area contributed by atoms with Gasteiger partial charge < -0.3 is 4.74 Å². The van der Waals surface area contributed by atoms with Gasteiger partial charge in [0.25, 0.3) is 0 Å². The van der Waals surface area contributed by atoms with Gasteiger partial charge in [0.2, 0.25) is 6.86 Å². The first-order valence-corrected chi connectivity index (χ1v) is 4.64. The highest BCUT2D eigenvalue weighted by Crippen LogP contribution is 2.19. The van der Waals surface area contributed by atoms with Crippen LogP contribution in [-0.4, -0.2) is 6.86 Å². The minimum atomic E-state index is -0.772. The van der Waals surface area contributed by atoms with Gasteiger partial charge in [-0.1, -0.05) is 29.8 Å². The van der Waals surface area contributed by atoms with Gasteiger partial charge in [-0.15, -0.1) is 0 Å². The first kappa shape index (κ1) is 10.8. The molecule has 0 N–H and O–H groups in total. The van der Waals surface area contributed by atoms with Gasteiger partial charge >= 0.3 is 0 Å². The van der Waals surface area contributed by atoms with Gasteiger partial charge in [0.15, 0.2) is 0 Å². The summed E-state index contributed by atoms with van der Waals surface area (Å²) in [6.45, 7) is 3.31. The van der Waals surface area contributed by atoms with Gasteiger partial charge in [0.1, 0.15) is 5.75 Å². The van der Waals surface area contributed by atoms with Crippen molar-refractivity contribution in [2.24, 2.45) is 0 Å². The zero-order valence-corrected chi connectivity index (χ0v) is 8.59. The molecular weight excluding hydrogens is 179 g/mol. The molecule has 0 amide bonds. The average molecular weight is 194 g/mol. The molecule has 1 rings (SSSR count). The van der Waals surface area contributed by atoms with Crippen LogP contribution in [0.5, 0.6) is 5.75 Å². The molecule has 1 nitrogen and oxygen atoms in total. The molecule has 0 spiro atoms. The van der Waals surface area contributed by atoms with Crippen molar-refractivity contribution in [1.82, 2.24) is 0 Å². The second-order valence-electron chi connectivity index (χ2n) is 3.35. The van der Waals surface area contributed by atoms with Gasteiger partial charge in [0, 0.05) is 0 Å². The maximum atomic E-state index is 12.0. The maximum Gasteiger partial charge on any atom is 0.228 e. The SMILES string of the molecule is CC(C)=CCc1ccccc1OCF. The Bertz CT molecular complexity index is 314. The summed E-state index contributed by atoms with van der Waals surface area (Å²) < 4.78 is 16.9. The van der Waals surface area contributed by atoms with E-state index < -0.39 is 6.86 Å². The molecule has 0 aliphatic rings. The highest BCUT2D eigenvalue weighted by atomic mass is 19.1.